The van der Waals surface area contributed by atoms with Crippen LogP contribution in [0.3, 0.4) is 0 Å². The highest BCUT2D eigenvalue weighted by Crippen LogP contribution is 2.17. The molecule has 0 bridgehead atoms. The van der Waals surface area contributed by atoms with E-state index >= 15 is 0 Å². The van der Waals surface area contributed by atoms with Crippen LogP contribution in [0.5, 0.6) is 0 Å². The molecule has 1 unspecified atom stereocenters. The summed E-state index contributed by atoms with van der Waals surface area (Å²) in [7, 11) is 0. The topological polar surface area (TPSA) is 78.9 Å². The lowest BCUT2D eigenvalue weighted by Gasteiger charge is -2.18. The van der Waals surface area contributed by atoms with Crippen molar-refractivity contribution in [3.63, 3.8) is 0 Å². The van der Waals surface area contributed by atoms with Gasteiger partial charge < -0.3 is 14.2 Å². The van der Waals surface area contributed by atoms with Gasteiger partial charge in [-0.15, -0.1) is 0 Å². The molecule has 0 aromatic rings. The van der Waals surface area contributed by atoms with E-state index in [0.717, 1.165) is 64.2 Å². The van der Waals surface area contributed by atoms with Gasteiger partial charge in [0, 0.05) is 19.3 Å². The molecule has 0 rings (SSSR count). The van der Waals surface area contributed by atoms with Gasteiger partial charge in [-0.1, -0.05) is 263 Å². The van der Waals surface area contributed by atoms with Gasteiger partial charge in [-0.25, -0.2) is 0 Å². The third-order valence-electron chi connectivity index (χ3n) is 12.7. The minimum atomic E-state index is -0.766. The Bertz CT molecular complexity index is 1040. The van der Waals surface area contributed by atoms with Crippen LogP contribution in [0.25, 0.3) is 0 Å². The lowest BCUT2D eigenvalue weighted by Crippen LogP contribution is -2.30. The predicted molar refractivity (Wildman–Crippen MR) is 275 cm³/mol. The Kier molecular flexibility index (Phi) is 51.7. The van der Waals surface area contributed by atoms with Gasteiger partial charge in [-0.05, 0) is 51.4 Å². The van der Waals surface area contributed by atoms with E-state index in [1.807, 2.05) is 0 Å². The highest BCUT2D eigenvalue weighted by atomic mass is 16.6. The normalized spacial score (nSPS) is 12.1. The highest BCUT2D eigenvalue weighted by molar-refractivity contribution is 5.71. The van der Waals surface area contributed by atoms with Crippen molar-refractivity contribution in [1.29, 1.82) is 0 Å². The van der Waals surface area contributed by atoms with Crippen molar-refractivity contribution >= 4 is 17.9 Å². The summed E-state index contributed by atoms with van der Waals surface area (Å²) in [6, 6.07) is 0. The molecule has 0 spiro atoms. The molecule has 64 heavy (non-hydrogen) atoms. The minimum Gasteiger partial charge on any atom is -0.462 e. The summed E-state index contributed by atoms with van der Waals surface area (Å²) in [4.78, 5) is 37.8. The summed E-state index contributed by atoms with van der Waals surface area (Å²) in [6.45, 7) is 6.61. The molecule has 0 saturated heterocycles. The molecular weight excluding hydrogens is 793 g/mol. The highest BCUT2D eigenvalue weighted by Gasteiger charge is 2.19. The van der Waals surface area contributed by atoms with Crippen molar-refractivity contribution in [1.82, 2.24) is 0 Å². The number of unbranched alkanes of at least 4 members (excludes halogenated alkanes) is 37. The minimum absolute atomic E-state index is 0.0689. The van der Waals surface area contributed by atoms with Crippen molar-refractivity contribution in [2.45, 2.75) is 316 Å². The third kappa shape index (κ3) is 50.9. The first-order valence-electron chi connectivity index (χ1n) is 28.3. The first-order chi connectivity index (χ1) is 31.5. The lowest BCUT2D eigenvalue weighted by molar-refractivity contribution is -0.167. The smallest absolute Gasteiger partial charge is 0.306 e. The Labute approximate surface area is 398 Å². The second-order valence-corrected chi connectivity index (χ2v) is 19.2. The van der Waals surface area contributed by atoms with Crippen LogP contribution < -0.4 is 0 Å². The summed E-state index contributed by atoms with van der Waals surface area (Å²) in [5, 5.41) is 0. The summed E-state index contributed by atoms with van der Waals surface area (Å²) >= 11 is 0. The molecule has 0 fully saturated rings. The van der Waals surface area contributed by atoms with E-state index in [2.05, 4.69) is 45.1 Å². The first-order valence-corrected chi connectivity index (χ1v) is 28.3. The zero-order chi connectivity index (χ0) is 46.5. The van der Waals surface area contributed by atoms with Gasteiger partial charge in [0.05, 0.1) is 0 Å². The van der Waals surface area contributed by atoms with Crippen LogP contribution in [-0.4, -0.2) is 37.2 Å². The molecule has 6 nitrogen and oxygen atoms in total. The van der Waals surface area contributed by atoms with Gasteiger partial charge in [0.1, 0.15) is 13.2 Å². The van der Waals surface area contributed by atoms with Crippen LogP contribution in [0, 0.1) is 0 Å². The van der Waals surface area contributed by atoms with Gasteiger partial charge in [-0.3, -0.25) is 14.4 Å². The fraction of sp³-hybridized carbons (Fsp3) is 0.879. The van der Waals surface area contributed by atoms with E-state index in [1.165, 1.54) is 205 Å². The molecule has 0 amide bonds. The van der Waals surface area contributed by atoms with Crippen LogP contribution in [0.2, 0.25) is 0 Å². The van der Waals surface area contributed by atoms with E-state index in [9.17, 15) is 14.4 Å². The Morgan fingerprint density at radius 3 is 0.859 bits per heavy atom. The number of hydrogen-bond donors (Lipinski definition) is 0. The number of carbonyl (C=O) groups excluding carboxylic acids is 3. The van der Waals surface area contributed by atoms with Crippen molar-refractivity contribution in [3.05, 3.63) is 24.3 Å². The van der Waals surface area contributed by atoms with Gasteiger partial charge in [0.15, 0.2) is 6.10 Å². The second-order valence-electron chi connectivity index (χ2n) is 19.2. The molecule has 1 atom stereocenters. The number of esters is 3. The van der Waals surface area contributed by atoms with Crippen LogP contribution in [-0.2, 0) is 28.6 Å². The molecule has 376 valence electrons. The van der Waals surface area contributed by atoms with Crippen molar-refractivity contribution < 1.29 is 28.6 Å². The van der Waals surface area contributed by atoms with Crippen LogP contribution in [0.4, 0.5) is 0 Å². The van der Waals surface area contributed by atoms with Gasteiger partial charge >= 0.3 is 17.9 Å². The number of hydrogen-bond acceptors (Lipinski definition) is 6. The Morgan fingerprint density at radius 1 is 0.312 bits per heavy atom. The van der Waals surface area contributed by atoms with E-state index in [4.69, 9.17) is 14.2 Å². The standard InChI is InChI=1S/C58H108O6/c1-4-7-10-13-16-18-20-22-24-26-28-29-31-32-34-36-38-40-42-45-48-51-57(60)63-54-55(53-62-56(59)50-47-44-15-12-9-6-3)64-58(61)52-49-46-43-41-39-37-35-33-30-27-25-23-21-19-17-14-11-8-5-2/h20,22,26,28,55H,4-19,21,23-25,27,29-54H2,1-3H3/b22-20-,28-26-. The summed E-state index contributed by atoms with van der Waals surface area (Å²) in [5.41, 5.74) is 0. The molecule has 0 aromatic heterocycles. The molecule has 0 heterocycles. The van der Waals surface area contributed by atoms with Gasteiger partial charge in [0.25, 0.3) is 0 Å². The molecule has 0 aromatic carbocycles. The van der Waals surface area contributed by atoms with E-state index in [0.29, 0.717) is 19.3 Å². The number of rotatable bonds is 52. The maximum absolute atomic E-state index is 12.8. The molecule has 0 aliphatic heterocycles. The fourth-order valence-electron chi connectivity index (χ4n) is 8.42. The van der Waals surface area contributed by atoms with Crippen LogP contribution in [0.15, 0.2) is 24.3 Å². The zero-order valence-electron chi connectivity index (χ0n) is 43.1. The molecule has 0 aliphatic rings. The van der Waals surface area contributed by atoms with Crippen LogP contribution >= 0.6 is 0 Å². The maximum atomic E-state index is 12.8. The average molecular weight is 901 g/mol. The summed E-state index contributed by atoms with van der Waals surface area (Å²) in [5.74, 6) is -0.865. The molecule has 0 aliphatic carbocycles. The second kappa shape index (κ2) is 53.5. The monoisotopic (exact) mass is 901 g/mol. The summed E-state index contributed by atoms with van der Waals surface area (Å²) < 4.78 is 16.8. The van der Waals surface area contributed by atoms with Gasteiger partial charge in [0.2, 0.25) is 0 Å². The van der Waals surface area contributed by atoms with E-state index in [1.54, 1.807) is 0 Å². The summed E-state index contributed by atoms with van der Waals surface area (Å²) in [6.07, 6.45) is 62.0. The number of carbonyl (C=O) groups is 3. The van der Waals surface area contributed by atoms with E-state index < -0.39 is 6.10 Å². The van der Waals surface area contributed by atoms with Crippen LogP contribution in [0.1, 0.15) is 310 Å². The number of ether oxygens (including phenoxy) is 3. The molecule has 0 radical (unpaired) electrons. The van der Waals surface area contributed by atoms with Crippen molar-refractivity contribution in [2.75, 3.05) is 13.2 Å². The molecule has 0 N–H and O–H groups in total. The number of allylic oxidation sites excluding steroid dienone is 4. The predicted octanol–water partition coefficient (Wildman–Crippen LogP) is 18.7. The largest absolute Gasteiger partial charge is 0.462 e. The average Bonchev–Trinajstić information content (AvgIpc) is 3.29. The Hall–Kier alpha value is -2.11. The Morgan fingerprint density at radius 2 is 0.562 bits per heavy atom. The van der Waals surface area contributed by atoms with Crippen molar-refractivity contribution in [3.8, 4) is 0 Å². The maximum Gasteiger partial charge on any atom is 0.306 e. The Balaban J connectivity index is 4.12. The quantitative estimate of drug-likeness (QED) is 0.0262. The molecular formula is C58H108O6. The SMILES string of the molecule is CCCCCCC/C=C\C/C=C\CCCCCCCCCCCC(=O)OCC(COC(=O)CCCCCCCC)OC(=O)CCCCCCCCCCCCCCCCCCCCC. The van der Waals surface area contributed by atoms with Crippen molar-refractivity contribution in [2.24, 2.45) is 0 Å². The zero-order valence-corrected chi connectivity index (χ0v) is 43.1. The van der Waals surface area contributed by atoms with Gasteiger partial charge in [-0.2, -0.15) is 0 Å². The fourth-order valence-corrected chi connectivity index (χ4v) is 8.42. The molecule has 0 saturated carbocycles. The lowest BCUT2D eigenvalue weighted by atomic mass is 10.0. The molecule has 6 heteroatoms. The third-order valence-corrected chi connectivity index (χ3v) is 12.7. The first kappa shape index (κ1) is 61.9. The van der Waals surface area contributed by atoms with E-state index in [-0.39, 0.29) is 31.1 Å².